The van der Waals surface area contributed by atoms with Gasteiger partial charge in [-0.3, -0.25) is 4.79 Å². The maximum Gasteiger partial charge on any atom is 0.322 e. The SMILES string of the molecule is Cc1cccc(Cl)c1Oc1nc(CC2CCCC2)cc(-c2ccc(=O)n(C)c2)n1. The van der Waals surface area contributed by atoms with Crippen molar-refractivity contribution in [2.24, 2.45) is 13.0 Å². The largest absolute Gasteiger partial charge is 0.422 e. The summed E-state index contributed by atoms with van der Waals surface area (Å²) in [6.45, 7) is 1.94. The minimum atomic E-state index is -0.0582. The third-order valence-corrected chi connectivity index (χ3v) is 5.77. The zero-order chi connectivity index (χ0) is 20.4. The van der Waals surface area contributed by atoms with Gasteiger partial charge in [0.05, 0.1) is 10.7 Å². The number of halogens is 1. The molecular weight excluding hydrogens is 386 g/mol. The first-order chi connectivity index (χ1) is 14.0. The standard InChI is InChI=1S/C23H24ClN3O2/c1-15-6-5-9-19(24)22(15)29-23-25-18(12-16-7-3-4-8-16)13-20(26-23)17-10-11-21(28)27(2)14-17/h5-6,9-11,13-14,16H,3-4,7-8,12H2,1-2H3. The van der Waals surface area contributed by atoms with Crippen LogP contribution in [0.2, 0.25) is 5.02 Å². The van der Waals surface area contributed by atoms with Gasteiger partial charge in [-0.2, -0.15) is 9.97 Å². The van der Waals surface area contributed by atoms with Crippen molar-refractivity contribution in [2.45, 2.75) is 39.0 Å². The summed E-state index contributed by atoms with van der Waals surface area (Å²) >= 11 is 6.33. The molecule has 0 atom stereocenters. The molecule has 0 spiro atoms. The molecule has 29 heavy (non-hydrogen) atoms. The average Bonchev–Trinajstić information content (AvgIpc) is 3.20. The van der Waals surface area contributed by atoms with Crippen LogP contribution in [0.1, 0.15) is 36.9 Å². The number of nitrogens with zero attached hydrogens (tertiary/aromatic N) is 3. The predicted octanol–water partition coefficient (Wildman–Crippen LogP) is 5.33. The molecule has 3 aromatic rings. The number of pyridine rings is 1. The summed E-state index contributed by atoms with van der Waals surface area (Å²) < 4.78 is 7.59. The van der Waals surface area contributed by atoms with Crippen LogP contribution < -0.4 is 10.3 Å². The molecule has 0 radical (unpaired) electrons. The molecule has 1 fully saturated rings. The monoisotopic (exact) mass is 409 g/mol. The van der Waals surface area contributed by atoms with E-state index in [1.807, 2.05) is 25.1 Å². The second-order valence-corrected chi connectivity index (χ2v) is 8.14. The van der Waals surface area contributed by atoms with E-state index in [4.69, 9.17) is 16.3 Å². The van der Waals surface area contributed by atoms with Crippen molar-refractivity contribution < 1.29 is 4.74 Å². The third kappa shape index (κ3) is 4.51. The topological polar surface area (TPSA) is 57.0 Å². The van der Waals surface area contributed by atoms with Gasteiger partial charge in [0.15, 0.2) is 5.75 Å². The number of rotatable bonds is 5. The fourth-order valence-electron chi connectivity index (χ4n) is 3.86. The van der Waals surface area contributed by atoms with E-state index in [1.54, 1.807) is 36.0 Å². The minimum Gasteiger partial charge on any atom is -0.422 e. The fourth-order valence-corrected chi connectivity index (χ4v) is 4.12. The number of para-hydroxylation sites is 1. The van der Waals surface area contributed by atoms with E-state index < -0.39 is 0 Å². The van der Waals surface area contributed by atoms with Crippen LogP contribution in [0.4, 0.5) is 0 Å². The van der Waals surface area contributed by atoms with E-state index in [2.05, 4.69) is 9.97 Å². The van der Waals surface area contributed by atoms with Crippen molar-refractivity contribution in [3.05, 3.63) is 69.2 Å². The van der Waals surface area contributed by atoms with Gasteiger partial charge in [-0.15, -0.1) is 0 Å². The number of aryl methyl sites for hydroxylation is 2. The minimum absolute atomic E-state index is 0.0582. The molecule has 0 N–H and O–H groups in total. The van der Waals surface area contributed by atoms with Gasteiger partial charge in [-0.05, 0) is 43.0 Å². The molecule has 1 aliphatic carbocycles. The Labute approximate surface area is 175 Å². The third-order valence-electron chi connectivity index (χ3n) is 5.47. The van der Waals surface area contributed by atoms with Crippen LogP contribution >= 0.6 is 11.6 Å². The molecular formula is C23H24ClN3O2. The van der Waals surface area contributed by atoms with E-state index >= 15 is 0 Å². The second-order valence-electron chi connectivity index (χ2n) is 7.74. The van der Waals surface area contributed by atoms with Crippen LogP contribution in [0.3, 0.4) is 0 Å². The van der Waals surface area contributed by atoms with Gasteiger partial charge in [0.1, 0.15) is 0 Å². The zero-order valence-electron chi connectivity index (χ0n) is 16.7. The maximum absolute atomic E-state index is 11.8. The fraction of sp³-hybridized carbons (Fsp3) is 0.348. The summed E-state index contributed by atoms with van der Waals surface area (Å²) in [7, 11) is 1.73. The molecule has 1 aromatic carbocycles. The van der Waals surface area contributed by atoms with Gasteiger partial charge in [-0.25, -0.2) is 0 Å². The molecule has 4 rings (SSSR count). The Morgan fingerprint density at radius 2 is 1.97 bits per heavy atom. The number of ether oxygens (including phenoxy) is 1. The molecule has 0 bridgehead atoms. The lowest BCUT2D eigenvalue weighted by Crippen LogP contribution is -2.14. The van der Waals surface area contributed by atoms with Gasteiger partial charge in [0.25, 0.3) is 0 Å². The van der Waals surface area contributed by atoms with E-state index in [-0.39, 0.29) is 11.6 Å². The molecule has 1 aliphatic rings. The van der Waals surface area contributed by atoms with Gasteiger partial charge in [0, 0.05) is 30.6 Å². The van der Waals surface area contributed by atoms with Crippen LogP contribution in [0.25, 0.3) is 11.3 Å². The van der Waals surface area contributed by atoms with Crippen molar-refractivity contribution in [3.63, 3.8) is 0 Å². The predicted molar refractivity (Wildman–Crippen MR) is 115 cm³/mol. The molecule has 0 saturated heterocycles. The highest BCUT2D eigenvalue weighted by atomic mass is 35.5. The number of hydrogen-bond acceptors (Lipinski definition) is 4. The van der Waals surface area contributed by atoms with E-state index in [0.29, 0.717) is 16.7 Å². The number of benzene rings is 1. The molecule has 2 heterocycles. The summed E-state index contributed by atoms with van der Waals surface area (Å²) in [5, 5.41) is 0.526. The van der Waals surface area contributed by atoms with E-state index in [1.165, 1.54) is 25.7 Å². The highest BCUT2D eigenvalue weighted by molar-refractivity contribution is 6.32. The van der Waals surface area contributed by atoms with Crippen LogP contribution in [0.15, 0.2) is 47.4 Å². The number of hydrogen-bond donors (Lipinski definition) is 0. The molecule has 0 aliphatic heterocycles. The van der Waals surface area contributed by atoms with Crippen molar-refractivity contribution in [3.8, 4) is 23.0 Å². The molecule has 5 nitrogen and oxygen atoms in total. The first-order valence-corrected chi connectivity index (χ1v) is 10.4. The quantitative estimate of drug-likeness (QED) is 0.571. The zero-order valence-corrected chi connectivity index (χ0v) is 17.4. The van der Waals surface area contributed by atoms with Crippen molar-refractivity contribution in [1.29, 1.82) is 0 Å². The lowest BCUT2D eigenvalue weighted by atomic mass is 10.0. The first-order valence-electron chi connectivity index (χ1n) is 9.97. The highest BCUT2D eigenvalue weighted by Crippen LogP contribution is 2.33. The summed E-state index contributed by atoms with van der Waals surface area (Å²) in [5.74, 6) is 1.21. The highest BCUT2D eigenvalue weighted by Gasteiger charge is 2.19. The molecule has 6 heteroatoms. The summed E-state index contributed by atoms with van der Waals surface area (Å²) in [6, 6.07) is 11.2. The van der Waals surface area contributed by atoms with Crippen molar-refractivity contribution in [2.75, 3.05) is 0 Å². The van der Waals surface area contributed by atoms with Gasteiger partial charge in [0.2, 0.25) is 5.56 Å². The van der Waals surface area contributed by atoms with Gasteiger partial charge in [-0.1, -0.05) is 49.4 Å². The van der Waals surface area contributed by atoms with Crippen LogP contribution in [0.5, 0.6) is 11.8 Å². The van der Waals surface area contributed by atoms with Crippen molar-refractivity contribution in [1.82, 2.24) is 14.5 Å². The number of aromatic nitrogens is 3. The molecule has 0 unspecified atom stereocenters. The Morgan fingerprint density at radius 1 is 1.17 bits per heavy atom. The Bertz CT molecular complexity index is 1070. The van der Waals surface area contributed by atoms with Gasteiger partial charge < -0.3 is 9.30 Å². The first kappa shape index (κ1) is 19.6. The molecule has 0 amide bonds. The van der Waals surface area contributed by atoms with Crippen molar-refractivity contribution >= 4 is 11.6 Å². The van der Waals surface area contributed by atoms with E-state index in [0.717, 1.165) is 28.9 Å². The smallest absolute Gasteiger partial charge is 0.322 e. The van der Waals surface area contributed by atoms with Crippen LogP contribution in [-0.2, 0) is 13.5 Å². The lowest BCUT2D eigenvalue weighted by molar-refractivity contribution is 0.433. The van der Waals surface area contributed by atoms with E-state index in [9.17, 15) is 4.79 Å². The maximum atomic E-state index is 11.8. The Morgan fingerprint density at radius 3 is 2.69 bits per heavy atom. The summed E-state index contributed by atoms with van der Waals surface area (Å²) in [4.78, 5) is 21.1. The normalized spacial score (nSPS) is 14.3. The Kier molecular flexibility index (Phi) is 5.67. The second kappa shape index (κ2) is 8.37. The Balaban J connectivity index is 1.74. The summed E-state index contributed by atoms with van der Waals surface area (Å²) in [6.07, 6.45) is 7.73. The molecule has 1 saturated carbocycles. The Hall–Kier alpha value is -2.66. The van der Waals surface area contributed by atoms with Gasteiger partial charge >= 0.3 is 6.01 Å². The van der Waals surface area contributed by atoms with Crippen LogP contribution in [-0.4, -0.2) is 14.5 Å². The summed E-state index contributed by atoms with van der Waals surface area (Å²) in [5.41, 5.74) is 3.41. The van der Waals surface area contributed by atoms with Crippen LogP contribution in [0, 0.1) is 12.8 Å². The lowest BCUT2D eigenvalue weighted by Gasteiger charge is -2.14. The molecule has 150 valence electrons. The molecule has 2 aromatic heterocycles. The average molecular weight is 410 g/mol.